The van der Waals surface area contributed by atoms with E-state index >= 15 is 0 Å². The van der Waals surface area contributed by atoms with Gasteiger partial charge in [-0.2, -0.15) is 4.98 Å². The van der Waals surface area contributed by atoms with Gasteiger partial charge in [0.15, 0.2) is 17.3 Å². The topological polar surface area (TPSA) is 77.2 Å². The molecule has 126 valence electrons. The predicted octanol–water partition coefficient (Wildman–Crippen LogP) is 2.42. The van der Waals surface area contributed by atoms with Crippen molar-refractivity contribution >= 4 is 5.82 Å². The molecule has 2 aliphatic rings. The summed E-state index contributed by atoms with van der Waals surface area (Å²) in [5.74, 6) is 2.83. The fourth-order valence-corrected chi connectivity index (χ4v) is 3.64. The number of aromatic nitrogens is 4. The summed E-state index contributed by atoms with van der Waals surface area (Å²) < 4.78 is 11.4. The maximum atomic E-state index is 6.28. The Morgan fingerprint density at radius 1 is 1.12 bits per heavy atom. The van der Waals surface area contributed by atoms with Crippen molar-refractivity contribution in [2.24, 2.45) is 0 Å². The van der Waals surface area contributed by atoms with Crippen molar-refractivity contribution in [3.05, 3.63) is 47.8 Å². The average Bonchev–Trinajstić information content (AvgIpc) is 3.33. The van der Waals surface area contributed by atoms with E-state index in [1.165, 1.54) is 5.56 Å². The smallest absolute Gasteiger partial charge is 0.278 e. The van der Waals surface area contributed by atoms with Crippen molar-refractivity contribution in [2.45, 2.75) is 25.4 Å². The van der Waals surface area contributed by atoms with Gasteiger partial charge in [0.05, 0.1) is 6.54 Å². The van der Waals surface area contributed by atoms with E-state index in [1.807, 2.05) is 24.3 Å². The van der Waals surface area contributed by atoms with Crippen LogP contribution in [0.3, 0.4) is 0 Å². The number of hydrogen-bond acceptors (Lipinski definition) is 7. The first-order chi connectivity index (χ1) is 12.2. The van der Waals surface area contributed by atoms with Crippen LogP contribution in [0.5, 0.6) is 5.75 Å². The molecule has 7 nitrogen and oxygen atoms in total. The van der Waals surface area contributed by atoms with Crippen molar-refractivity contribution in [3.8, 4) is 17.3 Å². The largest absolute Gasteiger partial charge is 0.485 e. The molecular weight excluding hydrogens is 318 g/mol. The fraction of sp³-hybridized carbons (Fsp3) is 0.333. The van der Waals surface area contributed by atoms with Gasteiger partial charge in [-0.05, 0) is 30.7 Å². The van der Waals surface area contributed by atoms with Crippen molar-refractivity contribution in [2.75, 3.05) is 18.0 Å². The number of anilines is 1. The van der Waals surface area contributed by atoms with Crippen LogP contribution in [-0.2, 0) is 6.42 Å². The molecule has 2 aromatic heterocycles. The molecule has 1 unspecified atom stereocenters. The normalized spacial score (nSPS) is 21.6. The molecule has 0 amide bonds. The first-order valence-corrected chi connectivity index (χ1v) is 8.37. The van der Waals surface area contributed by atoms with Gasteiger partial charge in [0.25, 0.3) is 5.89 Å². The number of nitrogens with zero attached hydrogens (tertiary/aromatic N) is 5. The third-order valence-electron chi connectivity index (χ3n) is 4.85. The maximum Gasteiger partial charge on any atom is 0.278 e. The highest BCUT2D eigenvalue weighted by Gasteiger charge is 2.45. The molecule has 2 aliphatic heterocycles. The number of ether oxygens (including phenoxy) is 1. The highest BCUT2D eigenvalue weighted by molar-refractivity contribution is 5.51. The van der Waals surface area contributed by atoms with Crippen LogP contribution in [0.1, 0.15) is 17.8 Å². The molecule has 1 saturated heterocycles. The Balaban J connectivity index is 1.34. The SMILES string of the molecule is Cc1noc(-c2ccc(N3CCC4(Cc5ccccc5O4)C3)nn2)n1. The van der Waals surface area contributed by atoms with Crippen LogP contribution < -0.4 is 9.64 Å². The van der Waals surface area contributed by atoms with E-state index in [2.05, 4.69) is 37.4 Å². The van der Waals surface area contributed by atoms with Crippen LogP contribution in [-0.4, -0.2) is 39.0 Å². The second kappa shape index (κ2) is 5.27. The minimum atomic E-state index is -0.145. The monoisotopic (exact) mass is 335 g/mol. The second-order valence-corrected chi connectivity index (χ2v) is 6.66. The Bertz CT molecular complexity index is 896. The van der Waals surface area contributed by atoms with E-state index in [-0.39, 0.29) is 5.60 Å². The third-order valence-corrected chi connectivity index (χ3v) is 4.85. The zero-order valence-corrected chi connectivity index (χ0v) is 13.8. The minimum absolute atomic E-state index is 0.145. The van der Waals surface area contributed by atoms with Crippen molar-refractivity contribution in [3.63, 3.8) is 0 Å². The summed E-state index contributed by atoms with van der Waals surface area (Å²) in [6.07, 6.45) is 1.93. The van der Waals surface area contributed by atoms with Gasteiger partial charge >= 0.3 is 0 Å². The van der Waals surface area contributed by atoms with Gasteiger partial charge in [-0.25, -0.2) is 0 Å². The minimum Gasteiger partial charge on any atom is -0.485 e. The molecule has 0 saturated carbocycles. The highest BCUT2D eigenvalue weighted by Crippen LogP contribution is 2.41. The van der Waals surface area contributed by atoms with E-state index < -0.39 is 0 Å². The van der Waals surface area contributed by atoms with Crippen molar-refractivity contribution < 1.29 is 9.26 Å². The Morgan fingerprint density at radius 2 is 2.04 bits per heavy atom. The zero-order valence-electron chi connectivity index (χ0n) is 13.8. The number of benzene rings is 1. The van der Waals surface area contributed by atoms with Crippen molar-refractivity contribution in [1.82, 2.24) is 20.3 Å². The van der Waals surface area contributed by atoms with Gasteiger partial charge in [-0.15, -0.1) is 10.2 Å². The van der Waals surface area contributed by atoms with Gasteiger partial charge in [-0.3, -0.25) is 0 Å². The molecule has 0 bridgehead atoms. The fourth-order valence-electron chi connectivity index (χ4n) is 3.64. The molecule has 0 radical (unpaired) electrons. The molecule has 0 N–H and O–H groups in total. The van der Waals surface area contributed by atoms with Gasteiger partial charge in [0, 0.05) is 19.4 Å². The van der Waals surface area contributed by atoms with E-state index in [1.54, 1.807) is 6.92 Å². The first-order valence-electron chi connectivity index (χ1n) is 8.37. The van der Waals surface area contributed by atoms with Crippen LogP contribution in [0.4, 0.5) is 5.82 Å². The van der Waals surface area contributed by atoms with Crippen LogP contribution in [0.15, 0.2) is 40.9 Å². The lowest BCUT2D eigenvalue weighted by Crippen LogP contribution is -2.38. The number of fused-ring (bicyclic) bond motifs is 1. The highest BCUT2D eigenvalue weighted by atomic mass is 16.5. The van der Waals surface area contributed by atoms with Crippen LogP contribution in [0.25, 0.3) is 11.6 Å². The molecule has 4 heterocycles. The van der Waals surface area contributed by atoms with Crippen LogP contribution in [0, 0.1) is 6.92 Å². The lowest BCUT2D eigenvalue weighted by molar-refractivity contribution is 0.119. The third kappa shape index (κ3) is 2.43. The summed E-state index contributed by atoms with van der Waals surface area (Å²) in [5, 5.41) is 12.4. The summed E-state index contributed by atoms with van der Waals surface area (Å²) in [7, 11) is 0. The Kier molecular flexibility index (Phi) is 3.03. The maximum absolute atomic E-state index is 6.28. The van der Waals surface area contributed by atoms with Gasteiger partial charge in [-0.1, -0.05) is 23.4 Å². The van der Waals surface area contributed by atoms with Gasteiger partial charge < -0.3 is 14.2 Å². The standard InChI is InChI=1S/C18H17N5O2/c1-12-19-17(25-22-12)14-6-7-16(21-20-14)23-9-8-18(11-23)10-13-4-2-3-5-15(13)24-18/h2-7H,8-11H2,1H3. The summed E-state index contributed by atoms with van der Waals surface area (Å²) >= 11 is 0. The van der Waals surface area contributed by atoms with E-state index in [9.17, 15) is 0 Å². The molecule has 1 spiro atoms. The van der Waals surface area contributed by atoms with Crippen LogP contribution in [0.2, 0.25) is 0 Å². The van der Waals surface area contributed by atoms with Crippen LogP contribution >= 0.6 is 0 Å². The molecule has 25 heavy (non-hydrogen) atoms. The summed E-state index contributed by atoms with van der Waals surface area (Å²) in [4.78, 5) is 6.40. The van der Waals surface area contributed by atoms with Gasteiger partial charge in [0.2, 0.25) is 0 Å². The first kappa shape index (κ1) is 14.4. The van der Waals surface area contributed by atoms with Gasteiger partial charge in [0.1, 0.15) is 11.4 Å². The summed E-state index contributed by atoms with van der Waals surface area (Å²) in [5.41, 5.74) is 1.73. The lowest BCUT2D eigenvalue weighted by Gasteiger charge is -2.24. The number of aryl methyl sites for hydroxylation is 1. The summed E-state index contributed by atoms with van der Waals surface area (Å²) in [6.45, 7) is 3.50. The number of rotatable bonds is 2. The lowest BCUT2D eigenvalue weighted by atomic mass is 9.96. The molecule has 3 aromatic rings. The van der Waals surface area contributed by atoms with Crippen molar-refractivity contribution in [1.29, 1.82) is 0 Å². The average molecular weight is 335 g/mol. The van der Waals surface area contributed by atoms with E-state index in [0.717, 1.165) is 37.5 Å². The molecular formula is C18H17N5O2. The summed E-state index contributed by atoms with van der Waals surface area (Å²) in [6, 6.07) is 12.1. The zero-order chi connectivity index (χ0) is 16.9. The molecule has 5 rings (SSSR count). The Labute approximate surface area is 144 Å². The molecule has 1 aromatic carbocycles. The Morgan fingerprint density at radius 3 is 2.80 bits per heavy atom. The number of hydrogen-bond donors (Lipinski definition) is 0. The number of para-hydroxylation sites is 1. The molecule has 1 atom stereocenters. The molecule has 0 aliphatic carbocycles. The molecule has 7 heteroatoms. The van der Waals surface area contributed by atoms with E-state index in [4.69, 9.17) is 9.26 Å². The molecule has 1 fully saturated rings. The predicted molar refractivity (Wildman–Crippen MR) is 90.4 cm³/mol. The Hall–Kier alpha value is -2.96. The second-order valence-electron chi connectivity index (χ2n) is 6.66. The quantitative estimate of drug-likeness (QED) is 0.711. The van der Waals surface area contributed by atoms with E-state index in [0.29, 0.717) is 17.4 Å².